The maximum atomic E-state index is 11.4. The fourth-order valence-electron chi connectivity index (χ4n) is 1.54. The van der Waals surface area contributed by atoms with Crippen LogP contribution in [-0.4, -0.2) is 17.6 Å². The molecule has 0 atom stereocenters. The van der Waals surface area contributed by atoms with Gasteiger partial charge in [-0.15, -0.1) is 0 Å². The molecule has 0 fully saturated rings. The molecule has 106 valence electrons. The Bertz CT molecular complexity index is 660. The van der Waals surface area contributed by atoms with Gasteiger partial charge < -0.3 is 15.8 Å². The van der Waals surface area contributed by atoms with Crippen molar-refractivity contribution in [3.8, 4) is 11.8 Å². The maximum absolute atomic E-state index is 11.4. The van der Waals surface area contributed by atoms with Crippen LogP contribution in [0.15, 0.2) is 48.7 Å². The zero-order chi connectivity index (χ0) is 14.9. The number of ether oxygens (including phenoxy) is 1. The third kappa shape index (κ3) is 5.25. The molecule has 21 heavy (non-hydrogen) atoms. The van der Waals surface area contributed by atoms with E-state index in [4.69, 9.17) is 10.5 Å². The Kier molecular flexibility index (Phi) is 5.18. The Morgan fingerprint density at radius 3 is 2.86 bits per heavy atom. The minimum atomic E-state index is -0.506. The number of hydrogen-bond acceptors (Lipinski definition) is 4. The molecule has 2 aromatic rings. The fraction of sp³-hybridized carbons (Fsp3) is 0.125. The Morgan fingerprint density at radius 1 is 1.29 bits per heavy atom. The van der Waals surface area contributed by atoms with E-state index in [1.54, 1.807) is 18.3 Å². The van der Waals surface area contributed by atoms with Gasteiger partial charge in [0.25, 0.3) is 0 Å². The number of benzene rings is 1. The van der Waals surface area contributed by atoms with Crippen LogP contribution >= 0.6 is 0 Å². The van der Waals surface area contributed by atoms with E-state index in [0.717, 1.165) is 5.56 Å². The molecule has 0 saturated heterocycles. The summed E-state index contributed by atoms with van der Waals surface area (Å²) in [7, 11) is 0. The molecule has 0 bridgehead atoms. The third-order valence-corrected chi connectivity index (χ3v) is 2.53. The Labute approximate surface area is 123 Å². The van der Waals surface area contributed by atoms with Crippen LogP contribution < -0.4 is 11.1 Å². The van der Waals surface area contributed by atoms with Gasteiger partial charge >= 0.3 is 6.09 Å². The Hall–Kier alpha value is -3.00. The van der Waals surface area contributed by atoms with Gasteiger partial charge in [0.15, 0.2) is 0 Å². The molecule has 0 saturated carbocycles. The van der Waals surface area contributed by atoms with E-state index in [0.29, 0.717) is 11.4 Å². The van der Waals surface area contributed by atoms with Crippen molar-refractivity contribution in [2.45, 2.75) is 6.61 Å². The summed E-state index contributed by atoms with van der Waals surface area (Å²) in [5.41, 5.74) is 7.71. The molecule has 1 amide bonds. The van der Waals surface area contributed by atoms with Gasteiger partial charge in [-0.05, 0) is 23.6 Å². The van der Waals surface area contributed by atoms with Gasteiger partial charge in [0.2, 0.25) is 0 Å². The lowest BCUT2D eigenvalue weighted by atomic mass is 10.2. The number of carbonyl (C=O) groups is 1. The molecule has 5 nitrogen and oxygen atoms in total. The number of alkyl carbamates (subject to hydrolysis) is 1. The summed E-state index contributed by atoms with van der Waals surface area (Å²) in [6.45, 7) is 0.418. The van der Waals surface area contributed by atoms with E-state index in [1.807, 2.05) is 30.3 Å². The largest absolute Gasteiger partial charge is 0.445 e. The van der Waals surface area contributed by atoms with Crippen LogP contribution in [-0.2, 0) is 11.3 Å². The summed E-state index contributed by atoms with van der Waals surface area (Å²) in [5.74, 6) is 5.58. The lowest BCUT2D eigenvalue weighted by Gasteiger charge is -2.04. The average Bonchev–Trinajstić information content (AvgIpc) is 2.51. The van der Waals surface area contributed by atoms with Gasteiger partial charge in [-0.25, -0.2) is 9.78 Å². The molecule has 1 aromatic carbocycles. The zero-order valence-electron chi connectivity index (χ0n) is 11.4. The number of rotatable bonds is 3. The number of nitrogens with zero attached hydrogens (tertiary/aromatic N) is 1. The second kappa shape index (κ2) is 7.56. The SMILES string of the molecule is Nc1ccnc(C#CCNC(=O)OCc2ccccc2)c1. The standard InChI is InChI=1S/C16H15N3O2/c17-14-8-10-18-15(11-14)7-4-9-19-16(20)21-12-13-5-2-1-3-6-13/h1-3,5-6,8,10-11H,9,12H2,(H2,17,18)(H,19,20). The molecular weight excluding hydrogens is 266 g/mol. The topological polar surface area (TPSA) is 77.2 Å². The molecule has 5 heteroatoms. The lowest BCUT2D eigenvalue weighted by Crippen LogP contribution is -2.24. The molecule has 0 aliphatic heterocycles. The van der Waals surface area contributed by atoms with Crippen molar-refractivity contribution in [1.82, 2.24) is 10.3 Å². The number of pyridine rings is 1. The van der Waals surface area contributed by atoms with Crippen LogP contribution in [0.5, 0.6) is 0 Å². The molecular formula is C16H15N3O2. The van der Waals surface area contributed by atoms with E-state index in [1.165, 1.54) is 0 Å². The van der Waals surface area contributed by atoms with Crippen LogP contribution in [0.1, 0.15) is 11.3 Å². The van der Waals surface area contributed by atoms with E-state index in [2.05, 4.69) is 22.1 Å². The highest BCUT2D eigenvalue weighted by Crippen LogP contribution is 2.01. The van der Waals surface area contributed by atoms with Gasteiger partial charge in [-0.3, -0.25) is 0 Å². The van der Waals surface area contributed by atoms with Gasteiger partial charge in [0.05, 0.1) is 6.54 Å². The monoisotopic (exact) mass is 281 g/mol. The number of carbonyl (C=O) groups excluding carboxylic acids is 1. The number of aromatic nitrogens is 1. The van der Waals surface area contributed by atoms with Gasteiger partial charge in [0.1, 0.15) is 12.3 Å². The minimum Gasteiger partial charge on any atom is -0.445 e. The van der Waals surface area contributed by atoms with Crippen molar-refractivity contribution in [2.24, 2.45) is 0 Å². The highest BCUT2D eigenvalue weighted by atomic mass is 16.5. The van der Waals surface area contributed by atoms with E-state index in [-0.39, 0.29) is 13.2 Å². The van der Waals surface area contributed by atoms with E-state index in [9.17, 15) is 4.79 Å². The van der Waals surface area contributed by atoms with Gasteiger partial charge in [-0.1, -0.05) is 36.3 Å². The summed E-state index contributed by atoms with van der Waals surface area (Å²) < 4.78 is 5.05. The molecule has 0 aliphatic carbocycles. The summed E-state index contributed by atoms with van der Waals surface area (Å²) in [4.78, 5) is 15.5. The average molecular weight is 281 g/mol. The lowest BCUT2D eigenvalue weighted by molar-refractivity contribution is 0.141. The Balaban J connectivity index is 1.72. The minimum absolute atomic E-state index is 0.185. The molecule has 0 radical (unpaired) electrons. The first kappa shape index (κ1) is 14.4. The first-order valence-electron chi connectivity index (χ1n) is 6.39. The molecule has 3 N–H and O–H groups in total. The first-order chi connectivity index (χ1) is 10.2. The normalized spacial score (nSPS) is 9.33. The van der Waals surface area contributed by atoms with E-state index >= 15 is 0 Å². The quantitative estimate of drug-likeness (QED) is 0.843. The smallest absolute Gasteiger partial charge is 0.408 e. The van der Waals surface area contributed by atoms with Crippen LogP contribution in [0.4, 0.5) is 10.5 Å². The van der Waals surface area contributed by atoms with E-state index < -0.39 is 6.09 Å². The molecule has 0 aliphatic rings. The second-order valence-electron chi connectivity index (χ2n) is 4.19. The van der Waals surface area contributed by atoms with Crippen molar-refractivity contribution in [3.63, 3.8) is 0 Å². The number of anilines is 1. The molecule has 2 rings (SSSR count). The highest BCUT2D eigenvalue weighted by Gasteiger charge is 2.00. The molecule has 1 aromatic heterocycles. The highest BCUT2D eigenvalue weighted by molar-refractivity contribution is 5.67. The third-order valence-electron chi connectivity index (χ3n) is 2.53. The van der Waals surface area contributed by atoms with Crippen molar-refractivity contribution < 1.29 is 9.53 Å². The number of nitrogen functional groups attached to an aromatic ring is 1. The zero-order valence-corrected chi connectivity index (χ0v) is 11.4. The van der Waals surface area contributed by atoms with Gasteiger partial charge in [-0.2, -0.15) is 0 Å². The van der Waals surface area contributed by atoms with Crippen molar-refractivity contribution in [3.05, 3.63) is 59.9 Å². The predicted molar refractivity (Wildman–Crippen MR) is 80.2 cm³/mol. The summed E-state index contributed by atoms with van der Waals surface area (Å²) in [6.07, 6.45) is 1.08. The fourth-order valence-corrected chi connectivity index (χ4v) is 1.54. The number of nitrogens with one attached hydrogen (secondary N) is 1. The summed E-state index contributed by atoms with van der Waals surface area (Å²) >= 11 is 0. The van der Waals surface area contributed by atoms with Crippen molar-refractivity contribution >= 4 is 11.8 Å². The van der Waals surface area contributed by atoms with Crippen molar-refractivity contribution in [2.75, 3.05) is 12.3 Å². The van der Waals surface area contributed by atoms with Crippen LogP contribution in [0.3, 0.4) is 0 Å². The predicted octanol–water partition coefficient (Wildman–Crippen LogP) is 1.94. The summed E-state index contributed by atoms with van der Waals surface area (Å²) in [6, 6.07) is 12.8. The van der Waals surface area contributed by atoms with Gasteiger partial charge in [0, 0.05) is 11.9 Å². The molecule has 1 heterocycles. The van der Waals surface area contributed by atoms with Crippen molar-refractivity contribution in [1.29, 1.82) is 0 Å². The molecule has 0 spiro atoms. The number of amides is 1. The number of nitrogens with two attached hydrogens (primary N) is 1. The van der Waals surface area contributed by atoms with Crippen LogP contribution in [0, 0.1) is 11.8 Å². The second-order valence-corrected chi connectivity index (χ2v) is 4.19. The summed E-state index contributed by atoms with van der Waals surface area (Å²) in [5, 5.41) is 2.54. The molecule has 0 unspecified atom stereocenters. The van der Waals surface area contributed by atoms with Crippen LogP contribution in [0.25, 0.3) is 0 Å². The first-order valence-corrected chi connectivity index (χ1v) is 6.39. The van der Waals surface area contributed by atoms with Crippen LogP contribution in [0.2, 0.25) is 0 Å². The number of hydrogen-bond donors (Lipinski definition) is 2. The maximum Gasteiger partial charge on any atom is 0.408 e. The Morgan fingerprint density at radius 2 is 2.10 bits per heavy atom.